The van der Waals surface area contributed by atoms with E-state index in [1.165, 1.54) is 4.90 Å². The van der Waals surface area contributed by atoms with Crippen LogP contribution in [0.3, 0.4) is 0 Å². The highest BCUT2D eigenvalue weighted by Crippen LogP contribution is 2.23. The molecular formula is C13H15NO4. The van der Waals surface area contributed by atoms with E-state index in [4.69, 9.17) is 9.84 Å². The van der Waals surface area contributed by atoms with Gasteiger partial charge in [0.2, 0.25) is 0 Å². The SMILES string of the molecule is CN(C(=O)C1CCC(C(=O)O)O1)c1ccccc1. The molecular weight excluding hydrogens is 234 g/mol. The van der Waals surface area contributed by atoms with Gasteiger partial charge in [0.05, 0.1) is 0 Å². The lowest BCUT2D eigenvalue weighted by atomic mass is 10.1. The van der Waals surface area contributed by atoms with Crippen molar-refractivity contribution in [2.75, 3.05) is 11.9 Å². The van der Waals surface area contributed by atoms with Gasteiger partial charge in [0.25, 0.3) is 5.91 Å². The third-order valence-electron chi connectivity index (χ3n) is 3.04. The molecule has 1 heterocycles. The summed E-state index contributed by atoms with van der Waals surface area (Å²) in [4.78, 5) is 24.4. The standard InChI is InChI=1S/C13H15NO4/c1-14(9-5-3-2-4-6-9)12(15)10-7-8-11(18-10)13(16)17/h2-6,10-11H,7-8H2,1H3,(H,16,17). The van der Waals surface area contributed by atoms with E-state index in [2.05, 4.69) is 0 Å². The van der Waals surface area contributed by atoms with Gasteiger partial charge in [0.1, 0.15) is 6.10 Å². The van der Waals surface area contributed by atoms with Crippen LogP contribution in [0.4, 0.5) is 5.69 Å². The first-order chi connectivity index (χ1) is 8.59. The summed E-state index contributed by atoms with van der Waals surface area (Å²) in [7, 11) is 1.66. The van der Waals surface area contributed by atoms with Crippen molar-refractivity contribution in [1.82, 2.24) is 0 Å². The summed E-state index contributed by atoms with van der Waals surface area (Å²) < 4.78 is 5.24. The fraction of sp³-hybridized carbons (Fsp3) is 0.385. The molecule has 0 aliphatic carbocycles. The second kappa shape index (κ2) is 5.18. The Morgan fingerprint density at radius 1 is 1.22 bits per heavy atom. The van der Waals surface area contributed by atoms with Gasteiger partial charge in [0.15, 0.2) is 6.10 Å². The normalized spacial score (nSPS) is 22.7. The quantitative estimate of drug-likeness (QED) is 0.876. The lowest BCUT2D eigenvalue weighted by Crippen LogP contribution is -2.37. The summed E-state index contributed by atoms with van der Waals surface area (Å²) in [6, 6.07) is 9.20. The highest BCUT2D eigenvalue weighted by Gasteiger charge is 2.36. The molecule has 0 radical (unpaired) electrons. The Balaban J connectivity index is 2.02. The maximum absolute atomic E-state index is 12.1. The number of ether oxygens (including phenoxy) is 1. The molecule has 0 bridgehead atoms. The Morgan fingerprint density at radius 2 is 1.83 bits per heavy atom. The smallest absolute Gasteiger partial charge is 0.332 e. The average molecular weight is 249 g/mol. The molecule has 1 fully saturated rings. The number of hydrogen-bond donors (Lipinski definition) is 1. The van der Waals surface area contributed by atoms with Crippen LogP contribution in [0, 0.1) is 0 Å². The van der Waals surface area contributed by atoms with Crippen LogP contribution in [0.25, 0.3) is 0 Å². The average Bonchev–Trinajstić information content (AvgIpc) is 2.88. The van der Waals surface area contributed by atoms with Gasteiger partial charge in [-0.05, 0) is 25.0 Å². The van der Waals surface area contributed by atoms with Crippen molar-refractivity contribution in [2.24, 2.45) is 0 Å². The van der Waals surface area contributed by atoms with Gasteiger partial charge >= 0.3 is 5.97 Å². The largest absolute Gasteiger partial charge is 0.479 e. The second-order valence-electron chi connectivity index (χ2n) is 4.26. The Kier molecular flexibility index (Phi) is 3.62. The molecule has 5 nitrogen and oxygen atoms in total. The highest BCUT2D eigenvalue weighted by molar-refractivity contribution is 5.96. The molecule has 1 aromatic rings. The Hall–Kier alpha value is -1.88. The molecule has 0 saturated carbocycles. The molecule has 2 rings (SSSR count). The fourth-order valence-electron chi connectivity index (χ4n) is 2.00. The molecule has 2 unspecified atom stereocenters. The van der Waals surface area contributed by atoms with Crippen molar-refractivity contribution < 1.29 is 19.4 Å². The number of nitrogens with zero attached hydrogens (tertiary/aromatic N) is 1. The van der Waals surface area contributed by atoms with Crippen LogP contribution in [0.15, 0.2) is 30.3 Å². The summed E-state index contributed by atoms with van der Waals surface area (Å²) in [6.07, 6.45) is -0.680. The van der Waals surface area contributed by atoms with E-state index in [0.717, 1.165) is 5.69 Å². The number of anilines is 1. The van der Waals surface area contributed by atoms with E-state index in [0.29, 0.717) is 12.8 Å². The summed E-state index contributed by atoms with van der Waals surface area (Å²) in [5.74, 6) is -1.21. The lowest BCUT2D eigenvalue weighted by Gasteiger charge is -2.21. The van der Waals surface area contributed by atoms with E-state index in [1.54, 1.807) is 7.05 Å². The van der Waals surface area contributed by atoms with Gasteiger partial charge in [-0.1, -0.05) is 18.2 Å². The minimum absolute atomic E-state index is 0.204. The molecule has 18 heavy (non-hydrogen) atoms. The number of rotatable bonds is 3. The number of likely N-dealkylation sites (N-methyl/N-ethyl adjacent to an activating group) is 1. The Morgan fingerprint density at radius 3 is 2.39 bits per heavy atom. The molecule has 0 spiro atoms. The molecule has 1 aliphatic heterocycles. The third-order valence-corrected chi connectivity index (χ3v) is 3.04. The van der Waals surface area contributed by atoms with Crippen molar-refractivity contribution in [3.05, 3.63) is 30.3 Å². The van der Waals surface area contributed by atoms with E-state index in [1.807, 2.05) is 30.3 Å². The van der Waals surface area contributed by atoms with Crippen molar-refractivity contribution >= 4 is 17.6 Å². The molecule has 1 amide bonds. The van der Waals surface area contributed by atoms with Crippen LogP contribution in [0.1, 0.15) is 12.8 Å². The Bertz CT molecular complexity index is 446. The van der Waals surface area contributed by atoms with Crippen LogP contribution in [-0.4, -0.2) is 36.2 Å². The number of carbonyl (C=O) groups is 2. The van der Waals surface area contributed by atoms with Gasteiger partial charge < -0.3 is 14.7 Å². The lowest BCUT2D eigenvalue weighted by molar-refractivity contribution is -0.151. The van der Waals surface area contributed by atoms with Crippen LogP contribution in [0.5, 0.6) is 0 Å². The number of para-hydroxylation sites is 1. The highest BCUT2D eigenvalue weighted by atomic mass is 16.5. The predicted molar refractivity (Wildman–Crippen MR) is 65.4 cm³/mol. The topological polar surface area (TPSA) is 66.8 Å². The molecule has 1 N–H and O–H groups in total. The van der Waals surface area contributed by atoms with Crippen LogP contribution >= 0.6 is 0 Å². The summed E-state index contributed by atoms with van der Waals surface area (Å²) in [5.41, 5.74) is 0.768. The number of aliphatic carboxylic acids is 1. The minimum Gasteiger partial charge on any atom is -0.479 e. The monoisotopic (exact) mass is 249 g/mol. The number of amides is 1. The van der Waals surface area contributed by atoms with Crippen molar-refractivity contribution in [1.29, 1.82) is 0 Å². The molecule has 5 heteroatoms. The number of benzene rings is 1. The summed E-state index contributed by atoms with van der Waals surface area (Å²) in [6.45, 7) is 0. The summed E-state index contributed by atoms with van der Waals surface area (Å²) >= 11 is 0. The van der Waals surface area contributed by atoms with Crippen LogP contribution in [0.2, 0.25) is 0 Å². The minimum atomic E-state index is -1.01. The molecule has 1 aromatic carbocycles. The first kappa shape index (κ1) is 12.6. The van der Waals surface area contributed by atoms with Crippen LogP contribution < -0.4 is 4.90 Å². The zero-order valence-corrected chi connectivity index (χ0v) is 10.1. The van der Waals surface area contributed by atoms with Gasteiger partial charge in [-0.3, -0.25) is 4.79 Å². The third kappa shape index (κ3) is 2.51. The van der Waals surface area contributed by atoms with Gasteiger partial charge in [0, 0.05) is 12.7 Å². The molecule has 1 aliphatic rings. The molecule has 96 valence electrons. The number of carboxylic acids is 1. The second-order valence-corrected chi connectivity index (χ2v) is 4.26. The zero-order chi connectivity index (χ0) is 13.1. The van der Waals surface area contributed by atoms with E-state index >= 15 is 0 Å². The maximum Gasteiger partial charge on any atom is 0.332 e. The molecule has 2 atom stereocenters. The summed E-state index contributed by atoms with van der Waals surface area (Å²) in [5, 5.41) is 8.82. The molecule has 1 saturated heterocycles. The van der Waals surface area contributed by atoms with Gasteiger partial charge in [-0.2, -0.15) is 0 Å². The first-order valence-electron chi connectivity index (χ1n) is 5.80. The first-order valence-corrected chi connectivity index (χ1v) is 5.80. The fourth-order valence-corrected chi connectivity index (χ4v) is 2.00. The van der Waals surface area contributed by atoms with Gasteiger partial charge in [-0.15, -0.1) is 0 Å². The van der Waals surface area contributed by atoms with Gasteiger partial charge in [-0.25, -0.2) is 4.79 Å². The van der Waals surface area contributed by atoms with Crippen LogP contribution in [-0.2, 0) is 14.3 Å². The Labute approximate surface area is 105 Å². The number of hydrogen-bond acceptors (Lipinski definition) is 3. The van der Waals surface area contributed by atoms with Crippen molar-refractivity contribution in [3.8, 4) is 0 Å². The predicted octanol–water partition coefficient (Wildman–Crippen LogP) is 1.28. The zero-order valence-electron chi connectivity index (χ0n) is 10.1. The molecule has 0 aromatic heterocycles. The number of carboxylic acid groups (broad SMARTS) is 1. The van der Waals surface area contributed by atoms with E-state index in [-0.39, 0.29) is 5.91 Å². The maximum atomic E-state index is 12.1. The van der Waals surface area contributed by atoms with Crippen molar-refractivity contribution in [3.63, 3.8) is 0 Å². The number of carbonyl (C=O) groups excluding carboxylic acids is 1. The van der Waals surface area contributed by atoms with E-state index < -0.39 is 18.2 Å². The van der Waals surface area contributed by atoms with E-state index in [9.17, 15) is 9.59 Å². The van der Waals surface area contributed by atoms with Crippen molar-refractivity contribution in [2.45, 2.75) is 25.0 Å².